The van der Waals surface area contributed by atoms with E-state index in [1.807, 2.05) is 15.8 Å². The van der Waals surface area contributed by atoms with Crippen LogP contribution in [0.15, 0.2) is 26.2 Å². The molecule has 0 fully saturated rings. The van der Waals surface area contributed by atoms with E-state index >= 15 is 0 Å². The van der Waals surface area contributed by atoms with E-state index in [1.54, 1.807) is 11.6 Å². The molecule has 4 aromatic rings. The lowest BCUT2D eigenvalue weighted by molar-refractivity contribution is 0.573. The minimum absolute atomic E-state index is 0.0743. The fourth-order valence-corrected chi connectivity index (χ4v) is 4.54. The number of aryl methyl sites for hydroxylation is 1. The number of aromatic amines is 1. The highest BCUT2D eigenvalue weighted by atomic mass is 32.2. The van der Waals surface area contributed by atoms with Crippen LogP contribution in [0.3, 0.4) is 0 Å². The van der Waals surface area contributed by atoms with Gasteiger partial charge in [0.15, 0.2) is 5.16 Å². The first-order valence-corrected chi connectivity index (χ1v) is 10.1. The molecule has 0 saturated carbocycles. The van der Waals surface area contributed by atoms with Crippen molar-refractivity contribution in [2.24, 2.45) is 7.05 Å². The van der Waals surface area contributed by atoms with Gasteiger partial charge in [-0.15, -0.1) is 26.6 Å². The number of H-pyrrole nitrogens is 1. The van der Waals surface area contributed by atoms with E-state index in [9.17, 15) is 9.59 Å². The lowest BCUT2D eigenvalue weighted by Gasteiger charge is -2.06. The summed E-state index contributed by atoms with van der Waals surface area (Å²) in [5.74, 6) is 1.70. The van der Waals surface area contributed by atoms with E-state index in [0.717, 1.165) is 18.4 Å². The van der Waals surface area contributed by atoms with Crippen molar-refractivity contribution in [2.75, 3.05) is 0 Å². The molecule has 0 radical (unpaired) electrons. The third-order valence-corrected chi connectivity index (χ3v) is 6.05. The maximum atomic E-state index is 12.4. The van der Waals surface area contributed by atoms with Crippen molar-refractivity contribution < 1.29 is 0 Å². The molecule has 0 spiro atoms. The lowest BCUT2D eigenvalue weighted by atomic mass is 10.3. The summed E-state index contributed by atoms with van der Waals surface area (Å²) in [6.07, 6.45) is 1.92. The zero-order chi connectivity index (χ0) is 18.3. The molecule has 0 bridgehead atoms. The van der Waals surface area contributed by atoms with Crippen molar-refractivity contribution in [1.82, 2.24) is 33.9 Å². The number of aromatic nitrogens is 7. The van der Waals surface area contributed by atoms with Crippen molar-refractivity contribution >= 4 is 39.1 Å². The molecule has 0 aliphatic heterocycles. The summed E-state index contributed by atoms with van der Waals surface area (Å²) in [4.78, 5) is 24.3. The van der Waals surface area contributed by atoms with Crippen molar-refractivity contribution in [3.05, 3.63) is 38.1 Å². The van der Waals surface area contributed by atoms with Gasteiger partial charge in [0.2, 0.25) is 5.78 Å². The number of thiophene rings is 1. The Labute approximate surface area is 155 Å². The second kappa shape index (κ2) is 6.72. The van der Waals surface area contributed by atoms with E-state index in [1.165, 1.54) is 27.7 Å². The Morgan fingerprint density at radius 1 is 1.31 bits per heavy atom. The van der Waals surface area contributed by atoms with Crippen LogP contribution >= 0.6 is 23.1 Å². The van der Waals surface area contributed by atoms with Gasteiger partial charge in [-0.3, -0.25) is 18.3 Å². The minimum atomic E-state index is -0.199. The summed E-state index contributed by atoms with van der Waals surface area (Å²) in [6, 6.07) is 1.90. The van der Waals surface area contributed by atoms with Crippen molar-refractivity contribution in [1.29, 1.82) is 0 Å². The summed E-state index contributed by atoms with van der Waals surface area (Å²) < 4.78 is 5.71. The van der Waals surface area contributed by atoms with Gasteiger partial charge in [0, 0.05) is 13.6 Å². The molecule has 26 heavy (non-hydrogen) atoms. The van der Waals surface area contributed by atoms with E-state index in [0.29, 0.717) is 33.8 Å². The molecule has 9 nitrogen and oxygen atoms in total. The van der Waals surface area contributed by atoms with Gasteiger partial charge in [-0.05, 0) is 17.9 Å². The molecule has 0 atom stereocenters. The first-order valence-electron chi connectivity index (χ1n) is 8.20. The fraction of sp³-hybridized carbons (Fsp3) is 0.400. The maximum absolute atomic E-state index is 12.4. The normalized spacial score (nSPS) is 11.8. The number of thioether (sulfide) groups is 1. The van der Waals surface area contributed by atoms with Crippen molar-refractivity contribution in [3.8, 4) is 0 Å². The van der Waals surface area contributed by atoms with Crippen molar-refractivity contribution in [2.45, 2.75) is 37.2 Å². The average Bonchev–Trinajstić information content (AvgIpc) is 3.34. The molecule has 4 rings (SSSR count). The van der Waals surface area contributed by atoms with E-state index in [2.05, 4.69) is 27.3 Å². The number of unbranched alkanes of at least 4 members (excludes halogenated alkanes) is 1. The number of rotatable bonds is 6. The van der Waals surface area contributed by atoms with Crippen LogP contribution in [0.4, 0.5) is 0 Å². The third kappa shape index (κ3) is 2.67. The molecule has 4 heterocycles. The zero-order valence-corrected chi connectivity index (χ0v) is 15.9. The van der Waals surface area contributed by atoms with Gasteiger partial charge < -0.3 is 0 Å². The minimum Gasteiger partial charge on any atom is -0.279 e. The summed E-state index contributed by atoms with van der Waals surface area (Å²) >= 11 is 2.83. The molecule has 136 valence electrons. The van der Waals surface area contributed by atoms with Crippen LogP contribution in [0, 0.1) is 0 Å². The molecule has 4 aromatic heterocycles. The number of nitrogens with one attached hydrogen (secondary N) is 1. The van der Waals surface area contributed by atoms with Crippen LogP contribution in [-0.2, 0) is 19.3 Å². The predicted octanol–water partition coefficient (Wildman–Crippen LogP) is 1.62. The van der Waals surface area contributed by atoms with E-state index in [4.69, 9.17) is 0 Å². The smallest absolute Gasteiger partial charge is 0.279 e. The monoisotopic (exact) mass is 391 g/mol. The SMILES string of the molecule is CCCCn1c(SCc2nnc3n(C)c(=O)c4sccc4n23)n[nH]c1=O. The summed E-state index contributed by atoms with van der Waals surface area (Å²) in [5.41, 5.74) is 0.531. The van der Waals surface area contributed by atoms with Gasteiger partial charge in [-0.25, -0.2) is 9.89 Å². The van der Waals surface area contributed by atoms with Crippen LogP contribution in [0.25, 0.3) is 16.0 Å². The largest absolute Gasteiger partial charge is 0.343 e. The Balaban J connectivity index is 1.71. The van der Waals surface area contributed by atoms with Crippen LogP contribution in [0.1, 0.15) is 25.6 Å². The second-order valence-corrected chi connectivity index (χ2v) is 7.71. The van der Waals surface area contributed by atoms with Gasteiger partial charge in [-0.2, -0.15) is 0 Å². The summed E-state index contributed by atoms with van der Waals surface area (Å²) in [7, 11) is 1.69. The van der Waals surface area contributed by atoms with Crippen LogP contribution in [0.2, 0.25) is 0 Å². The van der Waals surface area contributed by atoms with Gasteiger partial charge in [0.05, 0.1) is 11.3 Å². The molecule has 11 heteroatoms. The van der Waals surface area contributed by atoms with Crippen LogP contribution in [0.5, 0.6) is 0 Å². The highest BCUT2D eigenvalue weighted by molar-refractivity contribution is 7.98. The van der Waals surface area contributed by atoms with Gasteiger partial charge in [-0.1, -0.05) is 25.1 Å². The topological polar surface area (TPSA) is 103 Å². The molecule has 0 unspecified atom stereocenters. The summed E-state index contributed by atoms with van der Waals surface area (Å²) in [5, 5.41) is 17.6. The van der Waals surface area contributed by atoms with Gasteiger partial charge >= 0.3 is 5.69 Å². The first-order chi connectivity index (χ1) is 12.6. The van der Waals surface area contributed by atoms with Crippen molar-refractivity contribution in [3.63, 3.8) is 0 Å². The zero-order valence-electron chi connectivity index (χ0n) is 14.3. The van der Waals surface area contributed by atoms with Gasteiger partial charge in [0.25, 0.3) is 5.56 Å². The Morgan fingerprint density at radius 2 is 2.15 bits per heavy atom. The first kappa shape index (κ1) is 17.0. The molecule has 1 N–H and O–H groups in total. The predicted molar refractivity (Wildman–Crippen MR) is 101 cm³/mol. The molecule has 0 aliphatic carbocycles. The molecule has 0 aliphatic rings. The number of hydrogen-bond acceptors (Lipinski definition) is 7. The van der Waals surface area contributed by atoms with Crippen LogP contribution in [-0.4, -0.2) is 33.9 Å². The quantitative estimate of drug-likeness (QED) is 0.501. The maximum Gasteiger partial charge on any atom is 0.343 e. The third-order valence-electron chi connectivity index (χ3n) is 4.19. The van der Waals surface area contributed by atoms with Crippen LogP contribution < -0.4 is 11.2 Å². The molecule has 0 amide bonds. The van der Waals surface area contributed by atoms with E-state index in [-0.39, 0.29) is 11.2 Å². The molecular weight excluding hydrogens is 374 g/mol. The number of fused-ring (bicyclic) bond motifs is 3. The lowest BCUT2D eigenvalue weighted by Crippen LogP contribution is -2.19. The molecular formula is C15H17N7O2S2. The van der Waals surface area contributed by atoms with Gasteiger partial charge in [0.1, 0.15) is 10.5 Å². The standard InChI is InChI=1S/C15H17N7O2S2/c1-3-4-6-21-14(24)18-19-15(21)26-8-10-16-17-13-20(2)12(23)11-9(22(10)13)5-7-25-11/h5,7H,3-4,6,8H2,1-2H3,(H,18,24). The Bertz CT molecular complexity index is 1200. The number of hydrogen-bond donors (Lipinski definition) is 1. The Morgan fingerprint density at radius 3 is 2.96 bits per heavy atom. The molecule has 0 aromatic carbocycles. The highest BCUT2D eigenvalue weighted by Crippen LogP contribution is 2.23. The van der Waals surface area contributed by atoms with E-state index < -0.39 is 0 Å². The fourth-order valence-electron chi connectivity index (χ4n) is 2.80. The average molecular weight is 391 g/mol. The molecule has 0 saturated heterocycles. The highest BCUT2D eigenvalue weighted by Gasteiger charge is 2.17. The second-order valence-electron chi connectivity index (χ2n) is 5.86. The Hall–Kier alpha value is -2.40. The Kier molecular flexibility index (Phi) is 4.41. The summed E-state index contributed by atoms with van der Waals surface area (Å²) in [6.45, 7) is 2.72. The number of nitrogens with zero attached hydrogens (tertiary/aromatic N) is 6.